The largest absolute Gasteiger partial charge is 0.490 e. The number of nitrogens with zero attached hydrogens (tertiary/aromatic N) is 4. The molecule has 47 heavy (non-hydrogen) atoms. The van der Waals surface area contributed by atoms with Crippen LogP contribution >= 0.6 is 15.9 Å². The van der Waals surface area contributed by atoms with Gasteiger partial charge in [-0.2, -0.15) is 0 Å². The maximum absolute atomic E-state index is 14.5. The first kappa shape index (κ1) is 34.8. The minimum atomic E-state index is -1.11. The van der Waals surface area contributed by atoms with E-state index in [0.717, 1.165) is 18.4 Å². The van der Waals surface area contributed by atoms with Crippen molar-refractivity contribution in [1.29, 1.82) is 0 Å². The van der Waals surface area contributed by atoms with Gasteiger partial charge in [-0.3, -0.25) is 4.79 Å². The molecule has 1 saturated heterocycles. The van der Waals surface area contributed by atoms with Crippen LogP contribution in [0.15, 0.2) is 59.3 Å². The highest BCUT2D eigenvalue weighted by Gasteiger charge is 2.43. The molecule has 0 unspecified atom stereocenters. The number of amides is 2. The summed E-state index contributed by atoms with van der Waals surface area (Å²) in [6.07, 6.45) is 4.63. The van der Waals surface area contributed by atoms with Gasteiger partial charge >= 0.3 is 6.09 Å². The van der Waals surface area contributed by atoms with Crippen LogP contribution in [0.25, 0.3) is 11.3 Å². The van der Waals surface area contributed by atoms with Crippen LogP contribution in [-0.4, -0.2) is 93.7 Å². The third-order valence-corrected chi connectivity index (χ3v) is 9.22. The second kappa shape index (κ2) is 14.7. The van der Waals surface area contributed by atoms with Gasteiger partial charge in [0, 0.05) is 43.2 Å². The predicted molar refractivity (Wildman–Crippen MR) is 179 cm³/mol. The average Bonchev–Trinajstić information content (AvgIpc) is 3.46. The molecule has 1 aliphatic carbocycles. The van der Waals surface area contributed by atoms with Crippen molar-refractivity contribution in [1.82, 2.24) is 19.4 Å². The van der Waals surface area contributed by atoms with Gasteiger partial charge in [-0.1, -0.05) is 59.1 Å². The molecule has 0 radical (unpaired) electrons. The number of imidazole rings is 1. The Kier molecular flexibility index (Phi) is 10.9. The summed E-state index contributed by atoms with van der Waals surface area (Å²) in [5.41, 5.74) is -0.103. The Morgan fingerprint density at radius 3 is 2.60 bits per heavy atom. The van der Waals surface area contributed by atoms with Gasteiger partial charge in [0.05, 0.1) is 37.3 Å². The quantitative estimate of drug-likeness (QED) is 0.271. The average molecular weight is 716 g/mol. The highest BCUT2D eigenvalue weighted by atomic mass is 79.9. The number of ether oxygens (including phenoxy) is 3. The van der Waals surface area contributed by atoms with E-state index in [9.17, 15) is 19.1 Å². The highest BCUT2D eigenvalue weighted by Crippen LogP contribution is 2.41. The van der Waals surface area contributed by atoms with E-state index in [1.807, 2.05) is 55.7 Å². The fourth-order valence-electron chi connectivity index (χ4n) is 6.55. The van der Waals surface area contributed by atoms with Gasteiger partial charge in [0.1, 0.15) is 11.2 Å². The zero-order valence-corrected chi connectivity index (χ0v) is 29.0. The van der Waals surface area contributed by atoms with E-state index in [4.69, 9.17) is 14.2 Å². The van der Waals surface area contributed by atoms with Crippen LogP contribution in [0.4, 0.5) is 9.18 Å². The van der Waals surface area contributed by atoms with Crippen LogP contribution in [0.1, 0.15) is 69.4 Å². The maximum Gasteiger partial charge on any atom is 0.410 e. The maximum atomic E-state index is 14.5. The van der Waals surface area contributed by atoms with Crippen molar-refractivity contribution < 1.29 is 33.3 Å². The first-order valence-electron chi connectivity index (χ1n) is 16.1. The van der Waals surface area contributed by atoms with E-state index in [-0.39, 0.29) is 56.2 Å². The summed E-state index contributed by atoms with van der Waals surface area (Å²) in [6.45, 7) is 6.44. The van der Waals surface area contributed by atoms with E-state index in [1.165, 1.54) is 6.07 Å². The summed E-state index contributed by atoms with van der Waals surface area (Å²) in [6, 6.07) is 13.4. The minimum absolute atomic E-state index is 0.104. The lowest BCUT2D eigenvalue weighted by Gasteiger charge is -2.42. The molecule has 0 bridgehead atoms. The SMILES string of the molecule is COC[C@]1(O)CCCC[C@H]1n1cnc(C(=O)N2CCN(C(=O)OC(C)(C)C)C[C@H]2CCOc2ccc(Br)cc2F)c1-c1ccccc1. The first-order valence-corrected chi connectivity index (χ1v) is 16.9. The van der Waals surface area contributed by atoms with Crippen molar-refractivity contribution in [3.63, 3.8) is 0 Å². The molecular formula is C35H44BrFN4O6. The molecular weight excluding hydrogens is 671 g/mol. The lowest BCUT2D eigenvalue weighted by molar-refractivity contribution is -0.0893. The monoisotopic (exact) mass is 714 g/mol. The Balaban J connectivity index is 1.46. The molecule has 3 aromatic rings. The molecule has 1 saturated carbocycles. The molecule has 10 nitrogen and oxygen atoms in total. The van der Waals surface area contributed by atoms with Gasteiger partial charge in [0.2, 0.25) is 0 Å². The Bertz CT molecular complexity index is 1540. The Morgan fingerprint density at radius 2 is 1.89 bits per heavy atom. The lowest BCUT2D eigenvalue weighted by Crippen LogP contribution is -2.57. The van der Waals surface area contributed by atoms with Gasteiger partial charge in [-0.05, 0) is 51.8 Å². The standard InChI is InChI=1S/C35H44BrFN4O6/c1-34(2,3)47-33(43)39-17-18-40(26(21-39)15-19-46-28-14-13-25(36)20-27(28)37)32(42)30-31(24-10-6-5-7-11-24)41(23-38-30)29-12-8-9-16-35(29,44)22-45-4/h5-7,10-11,13-14,20,23,26,29,44H,8-9,12,15-19,21-22H2,1-4H3/t26-,29-,35-/m1/s1. The molecule has 1 aliphatic heterocycles. The Labute approximate surface area is 283 Å². The number of halogens is 2. The van der Waals surface area contributed by atoms with Crippen molar-refractivity contribution in [2.45, 2.75) is 76.2 Å². The number of aromatic nitrogens is 2. The molecule has 2 aliphatic rings. The van der Waals surface area contributed by atoms with Crippen molar-refractivity contribution in [2.75, 3.05) is 40.0 Å². The van der Waals surface area contributed by atoms with Gasteiger partial charge < -0.3 is 33.7 Å². The van der Waals surface area contributed by atoms with Crippen LogP contribution < -0.4 is 4.74 Å². The molecule has 12 heteroatoms. The zero-order valence-electron chi connectivity index (χ0n) is 27.5. The van der Waals surface area contributed by atoms with Gasteiger partial charge in [0.15, 0.2) is 17.3 Å². The minimum Gasteiger partial charge on any atom is -0.490 e. The van der Waals surface area contributed by atoms with E-state index >= 15 is 0 Å². The molecule has 254 valence electrons. The Morgan fingerprint density at radius 1 is 1.13 bits per heavy atom. The smallest absolute Gasteiger partial charge is 0.410 e. The van der Waals surface area contributed by atoms with Crippen LogP contribution in [0.5, 0.6) is 5.75 Å². The molecule has 2 amide bonds. The van der Waals surface area contributed by atoms with Crippen molar-refractivity contribution in [2.24, 2.45) is 0 Å². The van der Waals surface area contributed by atoms with Crippen LogP contribution in [0.2, 0.25) is 0 Å². The summed E-state index contributed by atoms with van der Waals surface area (Å²) in [4.78, 5) is 35.6. The zero-order chi connectivity index (χ0) is 33.8. The number of methoxy groups -OCH3 is 1. The lowest BCUT2D eigenvalue weighted by atomic mass is 9.80. The number of aliphatic hydroxyl groups is 1. The first-order chi connectivity index (χ1) is 22.4. The molecule has 1 N–H and O–H groups in total. The van der Waals surface area contributed by atoms with Gasteiger partial charge in [0.25, 0.3) is 5.91 Å². The molecule has 2 fully saturated rings. The van der Waals surface area contributed by atoms with E-state index in [2.05, 4.69) is 20.9 Å². The van der Waals surface area contributed by atoms with Gasteiger partial charge in [-0.15, -0.1) is 0 Å². The summed E-state index contributed by atoms with van der Waals surface area (Å²) in [7, 11) is 1.58. The number of piperazine rings is 1. The van der Waals surface area contributed by atoms with Gasteiger partial charge in [-0.25, -0.2) is 14.2 Å². The van der Waals surface area contributed by atoms with E-state index in [1.54, 1.807) is 35.4 Å². The molecule has 2 aromatic carbocycles. The number of rotatable bonds is 9. The second-order valence-corrected chi connectivity index (χ2v) is 14.2. The van der Waals surface area contributed by atoms with Crippen molar-refractivity contribution in [3.05, 3.63) is 70.8 Å². The highest BCUT2D eigenvalue weighted by molar-refractivity contribution is 9.10. The summed E-state index contributed by atoms with van der Waals surface area (Å²) in [5.74, 6) is -0.690. The summed E-state index contributed by atoms with van der Waals surface area (Å²) in [5, 5.41) is 11.7. The third-order valence-electron chi connectivity index (χ3n) is 8.73. The van der Waals surface area contributed by atoms with Crippen molar-refractivity contribution >= 4 is 27.9 Å². The topological polar surface area (TPSA) is 106 Å². The van der Waals surface area contributed by atoms with Crippen molar-refractivity contribution in [3.8, 4) is 17.0 Å². The van der Waals surface area contributed by atoms with E-state index < -0.39 is 29.2 Å². The van der Waals surface area contributed by atoms with Crippen LogP contribution in [0, 0.1) is 5.82 Å². The number of benzene rings is 2. The summed E-state index contributed by atoms with van der Waals surface area (Å²) >= 11 is 3.26. The molecule has 0 spiro atoms. The fraction of sp³-hybridized carbons (Fsp3) is 0.514. The number of carbonyl (C=O) groups excluding carboxylic acids is 2. The normalized spacial score (nSPS) is 21.9. The fourth-order valence-corrected chi connectivity index (χ4v) is 6.88. The number of hydrogen-bond acceptors (Lipinski definition) is 7. The molecule has 5 rings (SSSR count). The number of hydrogen-bond donors (Lipinski definition) is 1. The predicted octanol–water partition coefficient (Wildman–Crippen LogP) is 6.47. The molecule has 3 atom stereocenters. The molecule has 2 heterocycles. The third kappa shape index (κ3) is 8.16. The van der Waals surface area contributed by atoms with Crippen LogP contribution in [0.3, 0.4) is 0 Å². The molecule has 1 aromatic heterocycles. The Hall–Kier alpha value is -3.48. The second-order valence-electron chi connectivity index (χ2n) is 13.3. The number of carbonyl (C=O) groups is 2. The van der Waals surface area contributed by atoms with Crippen LogP contribution in [-0.2, 0) is 9.47 Å². The summed E-state index contributed by atoms with van der Waals surface area (Å²) < 4.78 is 33.9. The van der Waals surface area contributed by atoms with E-state index in [0.29, 0.717) is 29.4 Å².